The molecule has 0 bridgehead atoms. The largest absolute Gasteiger partial charge is 0.337 e. The van der Waals surface area contributed by atoms with Crippen molar-refractivity contribution in [2.75, 3.05) is 46.3 Å². The summed E-state index contributed by atoms with van der Waals surface area (Å²) < 4.78 is 0.901. The molecule has 22 heavy (non-hydrogen) atoms. The van der Waals surface area contributed by atoms with Gasteiger partial charge in [-0.3, -0.25) is 9.69 Å². The smallest absolute Gasteiger partial charge is 0.272 e. The lowest BCUT2D eigenvalue weighted by atomic mass is 10.0. The predicted octanol–water partition coefficient (Wildman–Crippen LogP) is 1.70. The number of carbonyl (C=O) groups excluding carboxylic acids is 1. The molecule has 6 heteroatoms. The summed E-state index contributed by atoms with van der Waals surface area (Å²) in [5.74, 6) is 0.0596. The lowest BCUT2D eigenvalue weighted by molar-refractivity contribution is 0.0514. The number of likely N-dealkylation sites (N-methyl/N-ethyl adjacent to an activating group) is 1. The highest BCUT2D eigenvalue weighted by molar-refractivity contribution is 9.10. The van der Waals surface area contributed by atoms with Crippen LogP contribution in [0.2, 0.25) is 0 Å². The molecule has 120 valence electrons. The Morgan fingerprint density at radius 1 is 1.14 bits per heavy atom. The number of piperidine rings is 1. The molecular formula is C16H23BrN4O. The van der Waals surface area contributed by atoms with Crippen LogP contribution >= 0.6 is 15.9 Å². The Kier molecular flexibility index (Phi) is 5.10. The zero-order chi connectivity index (χ0) is 15.5. The molecule has 3 rings (SSSR count). The maximum absolute atomic E-state index is 12.5. The standard InChI is InChI=1S/C16H23BrN4O/c1-19-8-10-20(11-9-19)14-4-6-21(7-5-14)16(22)15-3-2-13(17)12-18-15/h2-3,12,14H,4-11H2,1H3. The van der Waals surface area contributed by atoms with Crippen molar-refractivity contribution in [1.29, 1.82) is 0 Å². The van der Waals surface area contributed by atoms with Gasteiger partial charge in [0.05, 0.1) is 0 Å². The third kappa shape index (κ3) is 3.67. The number of carbonyl (C=O) groups is 1. The van der Waals surface area contributed by atoms with E-state index in [2.05, 4.69) is 37.8 Å². The molecular weight excluding hydrogens is 344 g/mol. The Bertz CT molecular complexity index is 505. The Labute approximate surface area is 140 Å². The van der Waals surface area contributed by atoms with Gasteiger partial charge in [-0.2, -0.15) is 0 Å². The van der Waals surface area contributed by atoms with E-state index in [9.17, 15) is 4.79 Å². The summed E-state index contributed by atoms with van der Waals surface area (Å²) in [4.78, 5) is 23.6. The van der Waals surface area contributed by atoms with Crippen molar-refractivity contribution >= 4 is 21.8 Å². The van der Waals surface area contributed by atoms with Gasteiger partial charge in [0, 0.05) is 56.0 Å². The Balaban J connectivity index is 1.53. The van der Waals surface area contributed by atoms with Gasteiger partial charge in [0.15, 0.2) is 0 Å². The fourth-order valence-corrected chi connectivity index (χ4v) is 3.52. The molecule has 3 heterocycles. The van der Waals surface area contributed by atoms with Crippen LogP contribution < -0.4 is 0 Å². The first-order valence-electron chi connectivity index (χ1n) is 7.97. The van der Waals surface area contributed by atoms with Crippen molar-refractivity contribution in [2.45, 2.75) is 18.9 Å². The minimum absolute atomic E-state index is 0.0596. The van der Waals surface area contributed by atoms with Crippen molar-refractivity contribution in [2.24, 2.45) is 0 Å². The molecule has 0 aliphatic carbocycles. The minimum atomic E-state index is 0.0596. The molecule has 0 radical (unpaired) electrons. The molecule has 2 aliphatic rings. The van der Waals surface area contributed by atoms with E-state index in [0.717, 1.165) is 56.6 Å². The molecule has 1 aromatic rings. The number of rotatable bonds is 2. The average molecular weight is 367 g/mol. The molecule has 1 amide bonds. The van der Waals surface area contributed by atoms with Gasteiger partial charge < -0.3 is 9.80 Å². The molecule has 2 saturated heterocycles. The first-order chi connectivity index (χ1) is 10.6. The predicted molar refractivity (Wildman–Crippen MR) is 89.9 cm³/mol. The van der Waals surface area contributed by atoms with E-state index < -0.39 is 0 Å². The first kappa shape index (κ1) is 15.9. The summed E-state index contributed by atoms with van der Waals surface area (Å²) in [7, 11) is 2.18. The van der Waals surface area contributed by atoms with E-state index in [0.29, 0.717) is 11.7 Å². The minimum Gasteiger partial charge on any atom is -0.337 e. The number of pyridine rings is 1. The van der Waals surface area contributed by atoms with Gasteiger partial charge >= 0.3 is 0 Å². The van der Waals surface area contributed by atoms with Gasteiger partial charge in [-0.1, -0.05) is 0 Å². The molecule has 0 spiro atoms. The molecule has 0 atom stereocenters. The van der Waals surface area contributed by atoms with Crippen LogP contribution in [-0.2, 0) is 0 Å². The summed E-state index contributed by atoms with van der Waals surface area (Å²) in [6.07, 6.45) is 3.84. The lowest BCUT2D eigenvalue weighted by Gasteiger charge is -2.42. The third-order valence-electron chi connectivity index (χ3n) is 4.75. The lowest BCUT2D eigenvalue weighted by Crippen LogP contribution is -2.53. The van der Waals surface area contributed by atoms with E-state index >= 15 is 0 Å². The molecule has 0 aromatic carbocycles. The van der Waals surface area contributed by atoms with Gasteiger partial charge in [-0.25, -0.2) is 4.98 Å². The fourth-order valence-electron chi connectivity index (χ4n) is 3.29. The first-order valence-corrected chi connectivity index (χ1v) is 8.76. The number of piperazine rings is 1. The number of halogens is 1. The second kappa shape index (κ2) is 7.06. The molecule has 1 aromatic heterocycles. The Morgan fingerprint density at radius 3 is 2.41 bits per heavy atom. The van der Waals surface area contributed by atoms with Gasteiger partial charge in [-0.05, 0) is 48.0 Å². The van der Waals surface area contributed by atoms with Crippen LogP contribution in [0.4, 0.5) is 0 Å². The second-order valence-electron chi connectivity index (χ2n) is 6.22. The third-order valence-corrected chi connectivity index (χ3v) is 5.22. The van der Waals surface area contributed by atoms with E-state index in [1.807, 2.05) is 11.0 Å². The monoisotopic (exact) mass is 366 g/mol. The number of aromatic nitrogens is 1. The summed E-state index contributed by atoms with van der Waals surface area (Å²) >= 11 is 3.35. The number of amides is 1. The number of likely N-dealkylation sites (tertiary alicyclic amines) is 1. The zero-order valence-electron chi connectivity index (χ0n) is 13.0. The fraction of sp³-hybridized carbons (Fsp3) is 0.625. The normalized spacial score (nSPS) is 22.0. The van der Waals surface area contributed by atoms with Crippen molar-refractivity contribution in [3.63, 3.8) is 0 Å². The highest BCUT2D eigenvalue weighted by Crippen LogP contribution is 2.19. The Hall–Kier alpha value is -0.980. The van der Waals surface area contributed by atoms with Crippen LogP contribution in [0.1, 0.15) is 23.3 Å². The SMILES string of the molecule is CN1CCN(C2CCN(C(=O)c3ccc(Br)cn3)CC2)CC1. The van der Waals surface area contributed by atoms with E-state index in [-0.39, 0.29) is 5.91 Å². The van der Waals surface area contributed by atoms with Crippen molar-refractivity contribution in [1.82, 2.24) is 19.7 Å². The highest BCUT2D eigenvalue weighted by atomic mass is 79.9. The van der Waals surface area contributed by atoms with Crippen LogP contribution in [0.25, 0.3) is 0 Å². The summed E-state index contributed by atoms with van der Waals surface area (Å²) in [6.45, 7) is 6.30. The molecule has 0 saturated carbocycles. The van der Waals surface area contributed by atoms with Crippen LogP contribution in [-0.4, -0.2) is 77.9 Å². The molecule has 2 fully saturated rings. The molecule has 0 N–H and O–H groups in total. The van der Waals surface area contributed by atoms with Crippen molar-refractivity contribution in [3.8, 4) is 0 Å². The van der Waals surface area contributed by atoms with Gasteiger partial charge in [0.25, 0.3) is 5.91 Å². The molecule has 2 aliphatic heterocycles. The topological polar surface area (TPSA) is 39.7 Å². The van der Waals surface area contributed by atoms with Gasteiger partial charge in [0.2, 0.25) is 0 Å². The number of hydrogen-bond acceptors (Lipinski definition) is 4. The maximum Gasteiger partial charge on any atom is 0.272 e. The summed E-state index contributed by atoms with van der Waals surface area (Å²) in [6, 6.07) is 4.30. The number of hydrogen-bond donors (Lipinski definition) is 0. The van der Waals surface area contributed by atoms with E-state index in [1.54, 1.807) is 12.3 Å². The Morgan fingerprint density at radius 2 is 1.82 bits per heavy atom. The van der Waals surface area contributed by atoms with Crippen LogP contribution in [0, 0.1) is 0 Å². The van der Waals surface area contributed by atoms with Crippen LogP contribution in [0.15, 0.2) is 22.8 Å². The number of nitrogens with zero attached hydrogens (tertiary/aromatic N) is 4. The highest BCUT2D eigenvalue weighted by Gasteiger charge is 2.29. The van der Waals surface area contributed by atoms with Gasteiger partial charge in [-0.15, -0.1) is 0 Å². The van der Waals surface area contributed by atoms with Gasteiger partial charge in [0.1, 0.15) is 5.69 Å². The van der Waals surface area contributed by atoms with E-state index in [4.69, 9.17) is 0 Å². The molecule has 5 nitrogen and oxygen atoms in total. The van der Waals surface area contributed by atoms with Crippen molar-refractivity contribution < 1.29 is 4.79 Å². The summed E-state index contributed by atoms with van der Waals surface area (Å²) in [5.41, 5.74) is 0.543. The maximum atomic E-state index is 12.5. The zero-order valence-corrected chi connectivity index (χ0v) is 14.6. The van der Waals surface area contributed by atoms with Crippen molar-refractivity contribution in [3.05, 3.63) is 28.5 Å². The van der Waals surface area contributed by atoms with E-state index in [1.165, 1.54) is 0 Å². The van der Waals surface area contributed by atoms with Crippen LogP contribution in [0.5, 0.6) is 0 Å². The quantitative estimate of drug-likeness (QED) is 0.798. The summed E-state index contributed by atoms with van der Waals surface area (Å²) in [5, 5.41) is 0. The van der Waals surface area contributed by atoms with Crippen LogP contribution in [0.3, 0.4) is 0 Å². The second-order valence-corrected chi connectivity index (χ2v) is 7.14. The molecule has 0 unspecified atom stereocenters. The average Bonchev–Trinajstić information content (AvgIpc) is 2.56.